The molecule has 0 saturated heterocycles. The molecule has 1 rings (SSSR count). The maximum absolute atomic E-state index is 12.9. The molecular weight excluding hydrogens is 162 g/mol. The van der Waals surface area contributed by atoms with E-state index in [0.29, 0.717) is 5.57 Å². The maximum atomic E-state index is 12.9. The fraction of sp³-hybridized carbons (Fsp3) is 0.111. The van der Waals surface area contributed by atoms with Crippen molar-refractivity contribution < 1.29 is 13.9 Å². The van der Waals surface area contributed by atoms with E-state index in [4.69, 9.17) is 5.11 Å². The Morgan fingerprint density at radius 1 is 1.33 bits per heavy atom. The lowest BCUT2D eigenvalue weighted by atomic mass is 10.1. The van der Waals surface area contributed by atoms with E-state index >= 15 is 0 Å². The van der Waals surface area contributed by atoms with Crippen LogP contribution in [0.15, 0.2) is 18.7 Å². The predicted octanol–water partition coefficient (Wildman–Crippen LogP) is 2.70. The Morgan fingerprint density at radius 3 is 2.42 bits per heavy atom. The summed E-state index contributed by atoms with van der Waals surface area (Å²) in [7, 11) is 0. The topological polar surface area (TPSA) is 20.2 Å². The SMILES string of the molecule is C=C(C)c1ccc(O)c(F)c1F. The first-order valence-electron chi connectivity index (χ1n) is 3.37. The van der Waals surface area contributed by atoms with Gasteiger partial charge in [0, 0.05) is 5.56 Å². The van der Waals surface area contributed by atoms with Gasteiger partial charge in [0.25, 0.3) is 0 Å². The van der Waals surface area contributed by atoms with Gasteiger partial charge in [-0.05, 0) is 24.6 Å². The van der Waals surface area contributed by atoms with Crippen LogP contribution in [0.5, 0.6) is 5.75 Å². The molecule has 1 aromatic rings. The Morgan fingerprint density at radius 2 is 1.92 bits per heavy atom. The number of allylic oxidation sites excluding steroid dienone is 1. The third-order valence-corrected chi connectivity index (χ3v) is 1.52. The van der Waals surface area contributed by atoms with Gasteiger partial charge in [-0.2, -0.15) is 4.39 Å². The lowest BCUT2D eigenvalue weighted by Gasteiger charge is -2.03. The van der Waals surface area contributed by atoms with E-state index in [-0.39, 0.29) is 5.56 Å². The van der Waals surface area contributed by atoms with E-state index in [2.05, 4.69) is 6.58 Å². The highest BCUT2D eigenvalue weighted by Gasteiger charge is 2.12. The zero-order valence-electron chi connectivity index (χ0n) is 6.56. The zero-order chi connectivity index (χ0) is 9.30. The summed E-state index contributed by atoms with van der Waals surface area (Å²) in [5.74, 6) is -2.96. The monoisotopic (exact) mass is 170 g/mol. The fourth-order valence-corrected chi connectivity index (χ4v) is 0.869. The second kappa shape index (κ2) is 2.93. The zero-order valence-corrected chi connectivity index (χ0v) is 6.56. The van der Waals surface area contributed by atoms with Crippen LogP contribution in [-0.4, -0.2) is 5.11 Å². The first kappa shape index (κ1) is 8.71. The van der Waals surface area contributed by atoms with Crippen LogP contribution >= 0.6 is 0 Å². The molecule has 0 unspecified atom stereocenters. The van der Waals surface area contributed by atoms with Crippen molar-refractivity contribution in [2.24, 2.45) is 0 Å². The van der Waals surface area contributed by atoms with E-state index in [1.807, 2.05) is 0 Å². The smallest absolute Gasteiger partial charge is 0.200 e. The molecule has 0 fully saturated rings. The minimum absolute atomic E-state index is 0.0882. The summed E-state index contributed by atoms with van der Waals surface area (Å²) in [5, 5.41) is 8.76. The molecule has 0 atom stereocenters. The second-order valence-electron chi connectivity index (χ2n) is 2.54. The van der Waals surface area contributed by atoms with Crippen LogP contribution in [0, 0.1) is 11.6 Å². The van der Waals surface area contributed by atoms with Crippen LogP contribution < -0.4 is 0 Å². The third-order valence-electron chi connectivity index (χ3n) is 1.52. The Kier molecular flexibility index (Phi) is 2.13. The van der Waals surface area contributed by atoms with Gasteiger partial charge in [0.05, 0.1) is 0 Å². The van der Waals surface area contributed by atoms with Gasteiger partial charge < -0.3 is 5.11 Å². The molecule has 0 saturated carbocycles. The number of benzene rings is 1. The summed E-state index contributed by atoms with van der Waals surface area (Å²) >= 11 is 0. The Bertz CT molecular complexity index is 332. The second-order valence-corrected chi connectivity index (χ2v) is 2.54. The van der Waals surface area contributed by atoms with Gasteiger partial charge in [0.1, 0.15) is 0 Å². The molecule has 12 heavy (non-hydrogen) atoms. The molecule has 0 aromatic heterocycles. The first-order valence-corrected chi connectivity index (χ1v) is 3.37. The Balaban J connectivity index is 3.36. The third kappa shape index (κ3) is 1.30. The van der Waals surface area contributed by atoms with E-state index in [1.54, 1.807) is 6.92 Å². The molecule has 0 bridgehead atoms. The highest BCUT2D eigenvalue weighted by Crippen LogP contribution is 2.24. The van der Waals surface area contributed by atoms with Gasteiger partial charge in [-0.3, -0.25) is 0 Å². The van der Waals surface area contributed by atoms with Crippen LogP contribution in [0.2, 0.25) is 0 Å². The van der Waals surface area contributed by atoms with Crippen molar-refractivity contribution in [2.45, 2.75) is 6.92 Å². The summed E-state index contributed by atoms with van der Waals surface area (Å²) in [6.07, 6.45) is 0. The summed E-state index contributed by atoms with van der Waals surface area (Å²) in [4.78, 5) is 0. The van der Waals surface area contributed by atoms with Gasteiger partial charge in [-0.15, -0.1) is 0 Å². The van der Waals surface area contributed by atoms with Crippen molar-refractivity contribution in [3.63, 3.8) is 0 Å². The van der Waals surface area contributed by atoms with Gasteiger partial charge in [-0.25, -0.2) is 4.39 Å². The molecule has 3 heteroatoms. The minimum Gasteiger partial charge on any atom is -0.505 e. The van der Waals surface area contributed by atoms with Crippen LogP contribution in [0.1, 0.15) is 12.5 Å². The molecule has 0 aliphatic rings. The van der Waals surface area contributed by atoms with Crippen molar-refractivity contribution >= 4 is 5.57 Å². The molecule has 0 radical (unpaired) electrons. The number of hydrogen-bond donors (Lipinski definition) is 1. The van der Waals surface area contributed by atoms with Crippen LogP contribution in [-0.2, 0) is 0 Å². The van der Waals surface area contributed by atoms with Crippen molar-refractivity contribution in [3.8, 4) is 5.75 Å². The summed E-state index contributed by atoms with van der Waals surface area (Å²) < 4.78 is 25.6. The van der Waals surface area contributed by atoms with Gasteiger partial charge >= 0.3 is 0 Å². The van der Waals surface area contributed by atoms with Crippen molar-refractivity contribution in [2.75, 3.05) is 0 Å². The molecule has 0 aliphatic carbocycles. The number of phenolic OH excluding ortho intramolecular Hbond substituents is 1. The van der Waals surface area contributed by atoms with Gasteiger partial charge in [0.2, 0.25) is 5.82 Å². The number of hydrogen-bond acceptors (Lipinski definition) is 1. The molecular formula is C9H8F2O. The molecule has 0 amide bonds. The summed E-state index contributed by atoms with van der Waals surface area (Å²) in [6, 6.07) is 2.39. The van der Waals surface area contributed by atoms with E-state index in [9.17, 15) is 8.78 Å². The highest BCUT2D eigenvalue weighted by molar-refractivity contribution is 5.62. The number of rotatable bonds is 1. The molecule has 1 nitrogen and oxygen atoms in total. The van der Waals surface area contributed by atoms with Crippen LogP contribution in [0.4, 0.5) is 8.78 Å². The molecule has 1 N–H and O–H groups in total. The quantitative estimate of drug-likeness (QED) is 0.687. The number of aromatic hydroxyl groups is 1. The van der Waals surface area contributed by atoms with Crippen molar-refractivity contribution in [1.29, 1.82) is 0 Å². The van der Waals surface area contributed by atoms with Crippen molar-refractivity contribution in [3.05, 3.63) is 35.9 Å². The maximum Gasteiger partial charge on any atom is 0.200 e. The summed E-state index contributed by atoms with van der Waals surface area (Å²) in [5.41, 5.74) is 0.511. The van der Waals surface area contributed by atoms with Crippen LogP contribution in [0.25, 0.3) is 5.57 Å². The molecule has 0 heterocycles. The first-order chi connectivity index (χ1) is 5.54. The molecule has 0 spiro atoms. The number of phenols is 1. The Hall–Kier alpha value is -1.38. The standard InChI is InChI=1S/C9H8F2O/c1-5(2)6-3-4-7(12)9(11)8(6)10/h3-4,12H,1H2,2H3. The normalized spacial score (nSPS) is 9.92. The lowest BCUT2D eigenvalue weighted by molar-refractivity contribution is 0.406. The highest BCUT2D eigenvalue weighted by atomic mass is 19.2. The van der Waals surface area contributed by atoms with Gasteiger partial charge in [0.15, 0.2) is 11.6 Å². The van der Waals surface area contributed by atoms with E-state index in [0.717, 1.165) is 6.07 Å². The average molecular weight is 170 g/mol. The van der Waals surface area contributed by atoms with Crippen LogP contribution in [0.3, 0.4) is 0 Å². The Labute approximate surface area is 69.0 Å². The lowest BCUT2D eigenvalue weighted by Crippen LogP contribution is -1.91. The average Bonchev–Trinajstić information content (AvgIpc) is 2.00. The molecule has 0 aliphatic heterocycles. The fourth-order valence-electron chi connectivity index (χ4n) is 0.869. The molecule has 1 aromatic carbocycles. The van der Waals surface area contributed by atoms with Crippen molar-refractivity contribution in [1.82, 2.24) is 0 Å². The van der Waals surface area contributed by atoms with E-state index in [1.165, 1.54) is 6.07 Å². The van der Waals surface area contributed by atoms with E-state index < -0.39 is 17.4 Å². The summed E-state index contributed by atoms with van der Waals surface area (Å²) in [6.45, 7) is 5.03. The van der Waals surface area contributed by atoms with Gasteiger partial charge in [-0.1, -0.05) is 6.58 Å². The minimum atomic E-state index is -1.23. The number of halogens is 2. The molecule has 64 valence electrons. The predicted molar refractivity (Wildman–Crippen MR) is 42.7 cm³/mol. The largest absolute Gasteiger partial charge is 0.505 e.